The third kappa shape index (κ3) is 3.38. The van der Waals surface area contributed by atoms with Crippen LogP contribution in [0.3, 0.4) is 0 Å². The molecule has 0 aliphatic carbocycles. The standard InChI is InChI=1S/C14H18ClF3N2/c1-3-12-8-20(9(2)7-19-12)13-5-10(14(16,17)18)4-11(15)6-13/h4-6,9,12,19H,3,7-8H2,1-2H3. The van der Waals surface area contributed by atoms with Crippen molar-refractivity contribution < 1.29 is 13.2 Å². The van der Waals surface area contributed by atoms with Crippen LogP contribution < -0.4 is 10.2 Å². The second kappa shape index (κ2) is 5.82. The van der Waals surface area contributed by atoms with E-state index >= 15 is 0 Å². The van der Waals surface area contributed by atoms with E-state index in [-0.39, 0.29) is 11.1 Å². The van der Waals surface area contributed by atoms with Crippen molar-refractivity contribution in [1.29, 1.82) is 0 Å². The summed E-state index contributed by atoms with van der Waals surface area (Å²) >= 11 is 5.85. The molecule has 2 rings (SSSR count). The molecule has 0 saturated carbocycles. The van der Waals surface area contributed by atoms with Crippen LogP contribution in [0.15, 0.2) is 18.2 Å². The lowest BCUT2D eigenvalue weighted by Gasteiger charge is -2.40. The van der Waals surface area contributed by atoms with Crippen LogP contribution in [0.4, 0.5) is 18.9 Å². The summed E-state index contributed by atoms with van der Waals surface area (Å²) < 4.78 is 38.6. The molecule has 1 aromatic rings. The summed E-state index contributed by atoms with van der Waals surface area (Å²) in [4.78, 5) is 1.99. The first-order chi connectivity index (χ1) is 9.31. The van der Waals surface area contributed by atoms with Gasteiger partial charge in [0.2, 0.25) is 0 Å². The Morgan fingerprint density at radius 3 is 2.65 bits per heavy atom. The minimum absolute atomic E-state index is 0.119. The second-order valence-corrected chi connectivity index (χ2v) is 5.65. The van der Waals surface area contributed by atoms with Crippen LogP contribution in [0, 0.1) is 0 Å². The molecule has 1 aliphatic heterocycles. The van der Waals surface area contributed by atoms with Crippen LogP contribution >= 0.6 is 11.6 Å². The van der Waals surface area contributed by atoms with Crippen LogP contribution in [0.1, 0.15) is 25.8 Å². The maximum Gasteiger partial charge on any atom is 0.416 e. The maximum absolute atomic E-state index is 12.9. The summed E-state index contributed by atoms with van der Waals surface area (Å²) in [5.74, 6) is 0. The summed E-state index contributed by atoms with van der Waals surface area (Å²) in [5.41, 5.74) is -0.156. The van der Waals surface area contributed by atoms with Crippen molar-refractivity contribution in [2.24, 2.45) is 0 Å². The van der Waals surface area contributed by atoms with E-state index in [2.05, 4.69) is 12.2 Å². The summed E-state index contributed by atoms with van der Waals surface area (Å²) in [6, 6.07) is 4.18. The molecule has 20 heavy (non-hydrogen) atoms. The van der Waals surface area contributed by atoms with E-state index in [0.29, 0.717) is 18.3 Å². The first-order valence-corrected chi connectivity index (χ1v) is 7.07. The van der Waals surface area contributed by atoms with E-state index in [1.807, 2.05) is 11.8 Å². The van der Waals surface area contributed by atoms with Crippen LogP contribution in [-0.4, -0.2) is 25.2 Å². The second-order valence-electron chi connectivity index (χ2n) is 5.21. The molecule has 1 N–H and O–H groups in total. The molecular weight excluding hydrogens is 289 g/mol. The molecule has 2 nitrogen and oxygen atoms in total. The van der Waals surface area contributed by atoms with Gasteiger partial charge in [-0.3, -0.25) is 0 Å². The van der Waals surface area contributed by atoms with Crippen molar-refractivity contribution in [2.45, 2.75) is 38.5 Å². The van der Waals surface area contributed by atoms with E-state index < -0.39 is 11.7 Å². The molecule has 1 aliphatic rings. The van der Waals surface area contributed by atoms with E-state index in [1.165, 1.54) is 6.07 Å². The van der Waals surface area contributed by atoms with Gasteiger partial charge >= 0.3 is 6.18 Å². The van der Waals surface area contributed by atoms with Crippen LogP contribution in [0.25, 0.3) is 0 Å². The SMILES string of the molecule is CCC1CN(c2cc(Cl)cc(C(F)(F)F)c2)C(C)CN1. The fraction of sp³-hybridized carbons (Fsp3) is 0.571. The van der Waals surface area contributed by atoms with Gasteiger partial charge < -0.3 is 10.2 Å². The summed E-state index contributed by atoms with van der Waals surface area (Å²) in [6.45, 7) is 5.50. The van der Waals surface area contributed by atoms with Crippen molar-refractivity contribution in [1.82, 2.24) is 5.32 Å². The highest BCUT2D eigenvalue weighted by Crippen LogP contribution is 2.35. The maximum atomic E-state index is 12.9. The largest absolute Gasteiger partial charge is 0.416 e. The van der Waals surface area contributed by atoms with Crippen LogP contribution in [-0.2, 0) is 6.18 Å². The lowest BCUT2D eigenvalue weighted by molar-refractivity contribution is -0.137. The normalized spacial score (nSPS) is 24.0. The van der Waals surface area contributed by atoms with Gasteiger partial charge in [-0.2, -0.15) is 13.2 Å². The molecule has 1 fully saturated rings. The molecule has 0 amide bonds. The van der Waals surface area contributed by atoms with Gasteiger partial charge in [0.15, 0.2) is 0 Å². The molecule has 1 heterocycles. The molecule has 2 atom stereocenters. The van der Waals surface area contributed by atoms with Crippen molar-refractivity contribution in [3.8, 4) is 0 Å². The van der Waals surface area contributed by atoms with E-state index in [9.17, 15) is 13.2 Å². The highest BCUT2D eigenvalue weighted by Gasteiger charge is 2.32. The van der Waals surface area contributed by atoms with Crippen molar-refractivity contribution in [3.63, 3.8) is 0 Å². The lowest BCUT2D eigenvalue weighted by atomic mass is 10.1. The zero-order valence-electron chi connectivity index (χ0n) is 11.5. The van der Waals surface area contributed by atoms with Gasteiger partial charge in [-0.15, -0.1) is 0 Å². The summed E-state index contributed by atoms with van der Waals surface area (Å²) in [5, 5.41) is 3.50. The summed E-state index contributed by atoms with van der Waals surface area (Å²) in [6.07, 6.45) is -3.43. The summed E-state index contributed by atoms with van der Waals surface area (Å²) in [7, 11) is 0. The Hall–Kier alpha value is -0.940. The number of piperazine rings is 1. The quantitative estimate of drug-likeness (QED) is 0.890. The van der Waals surface area contributed by atoms with Crippen molar-refractivity contribution >= 4 is 17.3 Å². The molecule has 6 heteroatoms. The third-order valence-corrected chi connectivity index (χ3v) is 3.90. The number of alkyl halides is 3. The number of hydrogen-bond donors (Lipinski definition) is 1. The Bertz CT molecular complexity index is 476. The Balaban J connectivity index is 2.33. The number of nitrogens with one attached hydrogen (secondary N) is 1. The fourth-order valence-corrected chi connectivity index (χ4v) is 2.70. The Morgan fingerprint density at radius 1 is 1.35 bits per heavy atom. The number of benzene rings is 1. The number of hydrogen-bond acceptors (Lipinski definition) is 2. The van der Waals surface area contributed by atoms with Gasteiger partial charge in [-0.1, -0.05) is 18.5 Å². The van der Waals surface area contributed by atoms with Gasteiger partial charge in [-0.25, -0.2) is 0 Å². The highest BCUT2D eigenvalue weighted by molar-refractivity contribution is 6.31. The Morgan fingerprint density at radius 2 is 2.05 bits per heavy atom. The van der Waals surface area contributed by atoms with E-state index in [4.69, 9.17) is 11.6 Å². The third-order valence-electron chi connectivity index (χ3n) is 3.69. The van der Waals surface area contributed by atoms with Gasteiger partial charge in [0, 0.05) is 35.9 Å². The average molecular weight is 307 g/mol. The van der Waals surface area contributed by atoms with Gasteiger partial charge in [0.05, 0.1) is 5.56 Å². The molecule has 0 radical (unpaired) electrons. The fourth-order valence-electron chi connectivity index (χ4n) is 2.47. The van der Waals surface area contributed by atoms with Gasteiger partial charge in [-0.05, 0) is 31.5 Å². The van der Waals surface area contributed by atoms with Crippen molar-refractivity contribution in [2.75, 3.05) is 18.0 Å². The van der Waals surface area contributed by atoms with Gasteiger partial charge in [0.25, 0.3) is 0 Å². The first-order valence-electron chi connectivity index (χ1n) is 6.69. The average Bonchev–Trinajstić information content (AvgIpc) is 2.37. The molecular formula is C14H18ClF3N2. The minimum atomic E-state index is -4.37. The topological polar surface area (TPSA) is 15.3 Å². The molecule has 112 valence electrons. The first kappa shape index (κ1) is 15.4. The number of rotatable bonds is 2. The lowest BCUT2D eigenvalue weighted by Crippen LogP contribution is -2.55. The highest BCUT2D eigenvalue weighted by atomic mass is 35.5. The van der Waals surface area contributed by atoms with E-state index in [0.717, 1.165) is 19.0 Å². The van der Waals surface area contributed by atoms with Gasteiger partial charge in [0.1, 0.15) is 0 Å². The predicted octanol–water partition coefficient (Wildman–Crippen LogP) is 3.94. The molecule has 1 aromatic carbocycles. The Labute approximate surface area is 121 Å². The van der Waals surface area contributed by atoms with Crippen LogP contribution in [0.5, 0.6) is 0 Å². The van der Waals surface area contributed by atoms with Crippen molar-refractivity contribution in [3.05, 3.63) is 28.8 Å². The number of anilines is 1. The Kier molecular flexibility index (Phi) is 4.49. The molecule has 0 aromatic heterocycles. The molecule has 0 bridgehead atoms. The molecule has 0 spiro atoms. The zero-order chi connectivity index (χ0) is 14.9. The predicted molar refractivity (Wildman–Crippen MR) is 75.3 cm³/mol. The molecule has 1 saturated heterocycles. The molecule has 2 unspecified atom stereocenters. The number of nitrogens with zero attached hydrogens (tertiary/aromatic N) is 1. The minimum Gasteiger partial charge on any atom is -0.366 e. The number of halogens is 4. The zero-order valence-corrected chi connectivity index (χ0v) is 12.2. The van der Waals surface area contributed by atoms with Crippen LogP contribution in [0.2, 0.25) is 5.02 Å². The smallest absolute Gasteiger partial charge is 0.366 e. The monoisotopic (exact) mass is 306 g/mol. The van der Waals surface area contributed by atoms with E-state index in [1.54, 1.807) is 6.07 Å².